The fourth-order valence-electron chi connectivity index (χ4n) is 2.13. The van der Waals surface area contributed by atoms with Gasteiger partial charge in [-0.15, -0.1) is 0 Å². The van der Waals surface area contributed by atoms with Crippen molar-refractivity contribution >= 4 is 5.71 Å². The van der Waals surface area contributed by atoms with E-state index in [0.717, 1.165) is 23.3 Å². The number of alkyl halides is 3. The normalized spacial score (nSPS) is 11.9. The molecule has 24 heavy (non-hydrogen) atoms. The van der Waals surface area contributed by atoms with Gasteiger partial charge in [-0.1, -0.05) is 41.6 Å². The van der Waals surface area contributed by atoms with E-state index in [4.69, 9.17) is 10.1 Å². The Kier molecular flexibility index (Phi) is 5.59. The first kappa shape index (κ1) is 17.5. The summed E-state index contributed by atoms with van der Waals surface area (Å²) in [7, 11) is 0. The van der Waals surface area contributed by atoms with Crippen molar-refractivity contribution in [3.05, 3.63) is 70.8 Å². The van der Waals surface area contributed by atoms with Crippen LogP contribution in [0.4, 0.5) is 13.2 Å². The van der Waals surface area contributed by atoms with E-state index in [0.29, 0.717) is 11.3 Å². The predicted molar refractivity (Wildman–Crippen MR) is 84.2 cm³/mol. The van der Waals surface area contributed by atoms with Crippen molar-refractivity contribution in [3.8, 4) is 6.07 Å². The molecule has 0 aliphatic heterocycles. The molecular weight excluding hydrogens is 317 g/mol. The van der Waals surface area contributed by atoms with Crippen LogP contribution >= 0.6 is 0 Å². The second-order valence-corrected chi connectivity index (χ2v) is 5.13. The van der Waals surface area contributed by atoms with E-state index in [1.165, 1.54) is 6.07 Å². The smallest absolute Gasteiger partial charge is 0.391 e. The maximum Gasteiger partial charge on any atom is 0.416 e. The topological polar surface area (TPSA) is 45.4 Å². The third-order valence-corrected chi connectivity index (χ3v) is 3.42. The highest BCUT2D eigenvalue weighted by Gasteiger charge is 2.30. The zero-order valence-electron chi connectivity index (χ0n) is 13.0. The highest BCUT2D eigenvalue weighted by molar-refractivity contribution is 5.98. The standard InChI is InChI=1S/C18H15F3N2O/c1-13(15-7-4-8-17(11-15)18(19,20)21)23-24-12-16-6-3-2-5-14(16)9-10-22/h2-8,11H,9,12H2,1H3/b23-13+. The van der Waals surface area contributed by atoms with Gasteiger partial charge in [-0.25, -0.2) is 0 Å². The number of hydrogen-bond donors (Lipinski definition) is 0. The van der Waals surface area contributed by atoms with E-state index >= 15 is 0 Å². The molecule has 0 heterocycles. The van der Waals surface area contributed by atoms with Gasteiger partial charge in [0.1, 0.15) is 6.61 Å². The number of oxime groups is 1. The lowest BCUT2D eigenvalue weighted by Crippen LogP contribution is -2.07. The molecule has 2 aromatic carbocycles. The Morgan fingerprint density at radius 1 is 1.12 bits per heavy atom. The maximum atomic E-state index is 12.7. The molecule has 0 aliphatic carbocycles. The van der Waals surface area contributed by atoms with Crippen molar-refractivity contribution in [3.63, 3.8) is 0 Å². The summed E-state index contributed by atoms with van der Waals surface area (Å²) in [6, 6.07) is 14.3. The minimum absolute atomic E-state index is 0.147. The van der Waals surface area contributed by atoms with Crippen LogP contribution in [0.1, 0.15) is 29.2 Å². The molecule has 0 fully saturated rings. The number of hydrogen-bond acceptors (Lipinski definition) is 3. The summed E-state index contributed by atoms with van der Waals surface area (Å²) < 4.78 is 38.2. The van der Waals surface area contributed by atoms with E-state index in [9.17, 15) is 13.2 Å². The van der Waals surface area contributed by atoms with Crippen LogP contribution in [0, 0.1) is 11.3 Å². The molecule has 0 atom stereocenters. The quantitative estimate of drug-likeness (QED) is 0.588. The Morgan fingerprint density at radius 3 is 2.50 bits per heavy atom. The number of halogens is 3. The van der Waals surface area contributed by atoms with Gasteiger partial charge in [0, 0.05) is 0 Å². The number of nitriles is 1. The van der Waals surface area contributed by atoms with Gasteiger partial charge in [-0.3, -0.25) is 0 Å². The average Bonchev–Trinajstić information content (AvgIpc) is 2.56. The first-order valence-corrected chi connectivity index (χ1v) is 7.19. The molecule has 3 nitrogen and oxygen atoms in total. The molecule has 0 bridgehead atoms. The second kappa shape index (κ2) is 7.64. The van der Waals surface area contributed by atoms with E-state index in [1.54, 1.807) is 13.0 Å². The first-order valence-electron chi connectivity index (χ1n) is 7.19. The summed E-state index contributed by atoms with van der Waals surface area (Å²) in [6.07, 6.45) is -4.14. The monoisotopic (exact) mass is 332 g/mol. The van der Waals surface area contributed by atoms with Crippen LogP contribution in [0.25, 0.3) is 0 Å². The second-order valence-electron chi connectivity index (χ2n) is 5.13. The van der Waals surface area contributed by atoms with Crippen molar-refractivity contribution in [1.29, 1.82) is 5.26 Å². The van der Waals surface area contributed by atoms with Gasteiger partial charge in [-0.2, -0.15) is 18.4 Å². The van der Waals surface area contributed by atoms with Gasteiger partial charge >= 0.3 is 6.18 Å². The van der Waals surface area contributed by atoms with Gasteiger partial charge < -0.3 is 4.84 Å². The Balaban J connectivity index is 2.09. The minimum Gasteiger partial charge on any atom is -0.391 e. The van der Waals surface area contributed by atoms with Crippen LogP contribution < -0.4 is 0 Å². The van der Waals surface area contributed by atoms with Gasteiger partial charge in [0.25, 0.3) is 0 Å². The highest BCUT2D eigenvalue weighted by Crippen LogP contribution is 2.29. The molecule has 124 valence electrons. The van der Waals surface area contributed by atoms with Gasteiger partial charge in [0.15, 0.2) is 0 Å². The molecule has 0 amide bonds. The molecular formula is C18H15F3N2O. The number of rotatable bonds is 5. The summed E-state index contributed by atoms with van der Waals surface area (Å²) in [5, 5.41) is 12.7. The molecule has 6 heteroatoms. The summed E-state index contributed by atoms with van der Waals surface area (Å²) in [6.45, 7) is 1.73. The van der Waals surface area contributed by atoms with E-state index in [2.05, 4.69) is 11.2 Å². The third-order valence-electron chi connectivity index (χ3n) is 3.42. The highest BCUT2D eigenvalue weighted by atomic mass is 19.4. The first-order chi connectivity index (χ1) is 11.4. The average molecular weight is 332 g/mol. The Bertz CT molecular complexity index is 776. The molecule has 2 aromatic rings. The predicted octanol–water partition coefficient (Wildman–Crippen LogP) is 4.71. The molecule has 2 rings (SSSR count). The lowest BCUT2D eigenvalue weighted by molar-refractivity contribution is -0.137. The van der Waals surface area contributed by atoms with Crippen molar-refractivity contribution < 1.29 is 18.0 Å². The minimum atomic E-state index is -4.40. The number of benzene rings is 2. The van der Waals surface area contributed by atoms with Crippen molar-refractivity contribution in [2.45, 2.75) is 26.1 Å². The van der Waals surface area contributed by atoms with Crippen molar-refractivity contribution in [2.75, 3.05) is 0 Å². The zero-order chi connectivity index (χ0) is 17.6. The number of nitrogens with zero attached hydrogens (tertiary/aromatic N) is 2. The van der Waals surface area contributed by atoms with Crippen LogP contribution in [0.5, 0.6) is 0 Å². The van der Waals surface area contributed by atoms with Gasteiger partial charge in [0.05, 0.1) is 23.8 Å². The maximum absolute atomic E-state index is 12.7. The molecule has 0 spiro atoms. The van der Waals surface area contributed by atoms with Crippen LogP contribution in [0.2, 0.25) is 0 Å². The van der Waals surface area contributed by atoms with Crippen LogP contribution in [-0.2, 0) is 24.0 Å². The van der Waals surface area contributed by atoms with E-state index < -0.39 is 11.7 Å². The molecule has 0 unspecified atom stereocenters. The van der Waals surface area contributed by atoms with Crippen LogP contribution in [-0.4, -0.2) is 5.71 Å². The van der Waals surface area contributed by atoms with Crippen LogP contribution in [0.3, 0.4) is 0 Å². The Labute approximate surface area is 138 Å². The van der Waals surface area contributed by atoms with Crippen LogP contribution in [0.15, 0.2) is 53.7 Å². The SMILES string of the molecule is C/C(=N\OCc1ccccc1CC#N)c1cccc(C(F)(F)F)c1. The summed E-state index contributed by atoms with van der Waals surface area (Å²) in [5.41, 5.74) is 1.62. The molecule has 0 saturated heterocycles. The largest absolute Gasteiger partial charge is 0.416 e. The summed E-state index contributed by atoms with van der Waals surface area (Å²) in [4.78, 5) is 5.25. The fraction of sp³-hybridized carbons (Fsp3) is 0.222. The summed E-state index contributed by atoms with van der Waals surface area (Å²) >= 11 is 0. The molecule has 0 N–H and O–H groups in total. The lowest BCUT2D eigenvalue weighted by Gasteiger charge is -2.09. The molecule has 0 aliphatic rings. The van der Waals surface area contributed by atoms with Gasteiger partial charge in [0.2, 0.25) is 0 Å². The third kappa shape index (κ3) is 4.59. The lowest BCUT2D eigenvalue weighted by atomic mass is 10.1. The fourth-order valence-corrected chi connectivity index (χ4v) is 2.13. The van der Waals surface area contributed by atoms with E-state index in [1.807, 2.05) is 24.3 Å². The van der Waals surface area contributed by atoms with E-state index in [-0.39, 0.29) is 13.0 Å². The van der Waals surface area contributed by atoms with Crippen molar-refractivity contribution in [1.82, 2.24) is 0 Å². The summed E-state index contributed by atoms with van der Waals surface area (Å²) in [5.74, 6) is 0. The molecule has 0 saturated carbocycles. The van der Waals surface area contributed by atoms with Crippen molar-refractivity contribution in [2.24, 2.45) is 5.16 Å². The zero-order valence-corrected chi connectivity index (χ0v) is 13.0. The Hall–Kier alpha value is -2.81. The molecule has 0 aromatic heterocycles. The van der Waals surface area contributed by atoms with Gasteiger partial charge in [-0.05, 0) is 35.7 Å². The molecule has 0 radical (unpaired) electrons. The Morgan fingerprint density at radius 2 is 1.83 bits per heavy atom.